The van der Waals surface area contributed by atoms with Gasteiger partial charge in [0.15, 0.2) is 0 Å². The van der Waals surface area contributed by atoms with Crippen LogP contribution in [0.15, 0.2) is 36.4 Å². The molecule has 0 amide bonds. The van der Waals surface area contributed by atoms with Crippen LogP contribution < -0.4 is 10.6 Å². The summed E-state index contributed by atoms with van der Waals surface area (Å²) in [6.45, 7) is 8.15. The van der Waals surface area contributed by atoms with Crippen LogP contribution in [0.4, 0.5) is 0 Å². The lowest BCUT2D eigenvalue weighted by Gasteiger charge is -2.10. The van der Waals surface area contributed by atoms with Gasteiger partial charge in [0, 0.05) is 10.6 Å². The van der Waals surface area contributed by atoms with E-state index in [-0.39, 0.29) is 0 Å². The average Bonchev–Trinajstić information content (AvgIpc) is 2.34. The molecule has 0 N–H and O–H groups in total. The van der Waals surface area contributed by atoms with Gasteiger partial charge < -0.3 is 4.57 Å². The first-order chi connectivity index (χ1) is 8.49. The lowest BCUT2D eigenvalue weighted by Crippen LogP contribution is -2.13. The van der Waals surface area contributed by atoms with Crippen LogP contribution in [0, 0.1) is 27.7 Å². The molecule has 0 aromatic heterocycles. The molecule has 2 rings (SSSR count). The van der Waals surface area contributed by atoms with Crippen molar-refractivity contribution in [3.63, 3.8) is 0 Å². The fourth-order valence-electron chi connectivity index (χ4n) is 2.11. The maximum absolute atomic E-state index is 12.8. The van der Waals surface area contributed by atoms with Gasteiger partial charge >= 0.3 is 0 Å². The Hall–Kier alpha value is -1.33. The van der Waals surface area contributed by atoms with Crippen molar-refractivity contribution in [2.24, 2.45) is 0 Å². The third kappa shape index (κ3) is 2.57. The number of hydrogen-bond donors (Lipinski definition) is 0. The fraction of sp³-hybridized carbons (Fsp3) is 0.250. The maximum atomic E-state index is 12.8. The number of rotatable bonds is 2. The Labute approximate surface area is 110 Å². The molecule has 0 aliphatic rings. The molecule has 2 aromatic rings. The van der Waals surface area contributed by atoms with E-state index in [1.54, 1.807) is 0 Å². The fourth-order valence-corrected chi connectivity index (χ4v) is 4.00. The van der Waals surface area contributed by atoms with Crippen molar-refractivity contribution in [2.75, 3.05) is 0 Å². The summed E-state index contributed by atoms with van der Waals surface area (Å²) in [7, 11) is -1.90. The highest BCUT2D eigenvalue weighted by atomic mass is 31.1. The molecule has 0 radical (unpaired) electrons. The summed E-state index contributed by atoms with van der Waals surface area (Å²) < 4.78 is 12.8. The summed E-state index contributed by atoms with van der Waals surface area (Å²) in [5, 5.41) is 1.99. The number of hydrogen-bond acceptors (Lipinski definition) is 1. The molecule has 94 valence electrons. The first kappa shape index (κ1) is 13.1. The van der Waals surface area contributed by atoms with Crippen LogP contribution in [-0.2, 0) is 4.57 Å². The van der Waals surface area contributed by atoms with E-state index in [9.17, 15) is 4.57 Å². The molecule has 0 atom stereocenters. The standard InChI is InChI=1S/C16H19OP/c1-11-5-7-13(3)15(9-11)18(17)16-10-12(2)6-8-14(16)4/h5-10,18H,1-4H3. The molecular formula is C16H19OP. The monoisotopic (exact) mass is 258 g/mol. The predicted octanol–water partition coefficient (Wildman–Crippen LogP) is 3.43. The van der Waals surface area contributed by atoms with Crippen molar-refractivity contribution in [1.82, 2.24) is 0 Å². The molecule has 18 heavy (non-hydrogen) atoms. The molecule has 0 aliphatic carbocycles. The zero-order valence-corrected chi connectivity index (χ0v) is 12.4. The SMILES string of the molecule is Cc1ccc(C)c([PH](=O)c2cc(C)ccc2C)c1. The molecule has 0 unspecified atom stereocenters. The van der Waals surface area contributed by atoms with Crippen molar-refractivity contribution >= 4 is 18.4 Å². The molecule has 0 saturated heterocycles. The van der Waals surface area contributed by atoms with Crippen LogP contribution >= 0.6 is 7.80 Å². The van der Waals surface area contributed by atoms with Crippen LogP contribution in [0.1, 0.15) is 22.3 Å². The zero-order chi connectivity index (χ0) is 13.3. The Morgan fingerprint density at radius 1 is 0.722 bits per heavy atom. The third-order valence-corrected chi connectivity index (χ3v) is 5.33. The van der Waals surface area contributed by atoms with Gasteiger partial charge in [0.1, 0.15) is 7.80 Å². The molecule has 0 spiro atoms. The summed E-state index contributed by atoms with van der Waals surface area (Å²) in [5.41, 5.74) is 4.56. The van der Waals surface area contributed by atoms with E-state index in [0.717, 1.165) is 21.7 Å². The van der Waals surface area contributed by atoms with Crippen LogP contribution in [0.25, 0.3) is 0 Å². The molecule has 0 fully saturated rings. The van der Waals surface area contributed by atoms with E-state index in [1.807, 2.05) is 27.7 Å². The van der Waals surface area contributed by atoms with Crippen LogP contribution in [0.2, 0.25) is 0 Å². The first-order valence-electron chi connectivity index (χ1n) is 6.18. The summed E-state index contributed by atoms with van der Waals surface area (Å²) in [5.74, 6) is 0. The molecule has 0 saturated carbocycles. The maximum Gasteiger partial charge on any atom is 0.132 e. The van der Waals surface area contributed by atoms with Gasteiger partial charge in [0.05, 0.1) is 0 Å². The van der Waals surface area contributed by atoms with Gasteiger partial charge in [-0.05, 0) is 51.0 Å². The second-order valence-corrected chi connectivity index (χ2v) is 6.70. The van der Waals surface area contributed by atoms with Gasteiger partial charge in [-0.3, -0.25) is 0 Å². The minimum Gasteiger partial charge on any atom is -0.317 e. The van der Waals surface area contributed by atoms with Crippen LogP contribution in [0.5, 0.6) is 0 Å². The molecule has 0 heterocycles. The Kier molecular flexibility index (Phi) is 3.73. The van der Waals surface area contributed by atoms with Gasteiger partial charge in [0.25, 0.3) is 0 Å². The van der Waals surface area contributed by atoms with Crippen LogP contribution in [0.3, 0.4) is 0 Å². The van der Waals surface area contributed by atoms with Crippen molar-refractivity contribution in [3.05, 3.63) is 58.7 Å². The van der Waals surface area contributed by atoms with Crippen molar-refractivity contribution in [1.29, 1.82) is 0 Å². The van der Waals surface area contributed by atoms with E-state index in [2.05, 4.69) is 36.4 Å². The van der Waals surface area contributed by atoms with E-state index < -0.39 is 7.80 Å². The van der Waals surface area contributed by atoms with E-state index >= 15 is 0 Å². The second-order valence-electron chi connectivity index (χ2n) is 4.97. The largest absolute Gasteiger partial charge is 0.317 e. The van der Waals surface area contributed by atoms with Gasteiger partial charge in [-0.15, -0.1) is 0 Å². The molecule has 2 heteroatoms. The molecule has 0 aliphatic heterocycles. The third-order valence-electron chi connectivity index (χ3n) is 3.28. The van der Waals surface area contributed by atoms with Crippen molar-refractivity contribution in [2.45, 2.75) is 27.7 Å². The predicted molar refractivity (Wildman–Crippen MR) is 80.1 cm³/mol. The van der Waals surface area contributed by atoms with Crippen molar-refractivity contribution < 1.29 is 4.57 Å². The minimum atomic E-state index is -1.90. The molecule has 1 nitrogen and oxygen atoms in total. The van der Waals surface area contributed by atoms with Gasteiger partial charge in [0.2, 0.25) is 0 Å². The van der Waals surface area contributed by atoms with Gasteiger partial charge in [-0.25, -0.2) is 0 Å². The Bertz CT molecular complexity index is 561. The quantitative estimate of drug-likeness (QED) is 0.754. The highest BCUT2D eigenvalue weighted by molar-refractivity contribution is 7.61. The lowest BCUT2D eigenvalue weighted by molar-refractivity contribution is 0.598. The summed E-state index contributed by atoms with van der Waals surface area (Å²) in [6.07, 6.45) is 0. The van der Waals surface area contributed by atoms with Gasteiger partial charge in [-0.1, -0.05) is 35.4 Å². The van der Waals surface area contributed by atoms with Crippen LogP contribution in [-0.4, -0.2) is 0 Å². The zero-order valence-electron chi connectivity index (χ0n) is 11.4. The van der Waals surface area contributed by atoms with Gasteiger partial charge in [-0.2, -0.15) is 0 Å². The normalized spacial score (nSPS) is 10.9. The Balaban J connectivity index is 2.54. The highest BCUT2D eigenvalue weighted by Gasteiger charge is 2.12. The summed E-state index contributed by atoms with van der Waals surface area (Å²) >= 11 is 0. The Morgan fingerprint density at radius 3 is 1.50 bits per heavy atom. The average molecular weight is 258 g/mol. The van der Waals surface area contributed by atoms with Crippen molar-refractivity contribution in [3.8, 4) is 0 Å². The van der Waals surface area contributed by atoms with E-state index in [4.69, 9.17) is 0 Å². The second kappa shape index (κ2) is 5.12. The summed E-state index contributed by atoms with van der Waals surface area (Å²) in [4.78, 5) is 0. The molecule has 0 bridgehead atoms. The minimum absolute atomic E-state index is 0.994. The smallest absolute Gasteiger partial charge is 0.132 e. The number of aryl methyl sites for hydroxylation is 4. The summed E-state index contributed by atoms with van der Waals surface area (Å²) in [6, 6.07) is 12.3. The van der Waals surface area contributed by atoms with E-state index in [0.29, 0.717) is 0 Å². The number of benzene rings is 2. The molecular weight excluding hydrogens is 239 g/mol. The molecule has 2 aromatic carbocycles. The lowest BCUT2D eigenvalue weighted by atomic mass is 10.2. The Morgan fingerprint density at radius 2 is 1.11 bits per heavy atom. The van der Waals surface area contributed by atoms with E-state index in [1.165, 1.54) is 11.1 Å². The topological polar surface area (TPSA) is 17.1 Å². The highest BCUT2D eigenvalue weighted by Crippen LogP contribution is 2.24. The first-order valence-corrected chi connectivity index (χ1v) is 7.59.